The van der Waals surface area contributed by atoms with Crippen molar-refractivity contribution in [3.05, 3.63) is 125 Å². The van der Waals surface area contributed by atoms with Gasteiger partial charge < -0.3 is 5.32 Å². The Hall–Kier alpha value is -4.57. The molecule has 1 heterocycles. The van der Waals surface area contributed by atoms with Crippen LogP contribution in [0.2, 0.25) is 0 Å². The predicted octanol–water partition coefficient (Wildman–Crippen LogP) is 6.75. The molecule has 1 N–H and O–H groups in total. The normalized spacial score (nSPS) is 12.3. The number of nitrogens with zero attached hydrogens (tertiary/aromatic N) is 2. The highest BCUT2D eigenvalue weighted by atomic mass is 16.1. The number of amides is 1. The third kappa shape index (κ3) is 4.53. The lowest BCUT2D eigenvalue weighted by Crippen LogP contribution is -2.19. The van der Waals surface area contributed by atoms with Crippen molar-refractivity contribution in [1.29, 1.82) is 0 Å². The van der Waals surface area contributed by atoms with Gasteiger partial charge in [0.15, 0.2) is 5.82 Å². The lowest BCUT2D eigenvalue weighted by molar-refractivity contribution is -0.115. The average molecular weight is 468 g/mol. The molecule has 6 rings (SSSR count). The molecule has 0 atom stereocenters. The van der Waals surface area contributed by atoms with Crippen LogP contribution in [0.25, 0.3) is 34.2 Å². The topological polar surface area (TPSA) is 54.9 Å². The van der Waals surface area contributed by atoms with E-state index in [2.05, 4.69) is 47.8 Å². The third-order valence-corrected chi connectivity index (χ3v) is 6.57. The van der Waals surface area contributed by atoms with E-state index < -0.39 is 0 Å². The molecule has 0 radical (unpaired) electrons. The Morgan fingerprint density at radius 3 is 2.44 bits per heavy atom. The molecule has 1 aromatic heterocycles. The number of hydrogen-bond acceptors (Lipinski definition) is 3. The van der Waals surface area contributed by atoms with Crippen molar-refractivity contribution in [3.8, 4) is 11.3 Å². The number of benzene rings is 4. The number of anilines is 1. The van der Waals surface area contributed by atoms with Crippen LogP contribution in [0.1, 0.15) is 28.1 Å². The highest BCUT2D eigenvalue weighted by molar-refractivity contribution is 5.94. The minimum absolute atomic E-state index is 0.106. The molecule has 1 aliphatic rings. The standard InChI is InChI=1S/C32H25N3O/c36-30(21-23-14-16-24-10-4-5-12-26(24)20-23)35-32-29(18-15-22-8-2-1-3-9-22)33-31-27-13-7-6-11-25(27)17-19-28(31)34-32/h1-16,18,20H,17,19,21H2,(H,34,35,36)/b18-15+. The molecule has 4 aromatic carbocycles. The molecule has 0 aliphatic heterocycles. The van der Waals surface area contributed by atoms with E-state index in [4.69, 9.17) is 9.97 Å². The summed E-state index contributed by atoms with van der Waals surface area (Å²) in [6.45, 7) is 0. The molecule has 1 amide bonds. The van der Waals surface area contributed by atoms with Crippen LogP contribution < -0.4 is 5.32 Å². The van der Waals surface area contributed by atoms with Crippen LogP contribution in [0.15, 0.2) is 97.1 Å². The fraction of sp³-hybridized carbons (Fsp3) is 0.0938. The summed E-state index contributed by atoms with van der Waals surface area (Å²) in [6.07, 6.45) is 5.93. The van der Waals surface area contributed by atoms with Crippen molar-refractivity contribution < 1.29 is 4.79 Å². The monoisotopic (exact) mass is 467 g/mol. The van der Waals surface area contributed by atoms with Crippen molar-refractivity contribution in [2.45, 2.75) is 19.3 Å². The van der Waals surface area contributed by atoms with Crippen LogP contribution in [0.3, 0.4) is 0 Å². The Morgan fingerprint density at radius 1 is 0.778 bits per heavy atom. The zero-order valence-corrected chi connectivity index (χ0v) is 19.8. The third-order valence-electron chi connectivity index (χ3n) is 6.57. The molecule has 36 heavy (non-hydrogen) atoms. The van der Waals surface area contributed by atoms with Gasteiger partial charge in [-0.25, -0.2) is 9.97 Å². The van der Waals surface area contributed by atoms with Gasteiger partial charge in [-0.15, -0.1) is 0 Å². The van der Waals surface area contributed by atoms with Gasteiger partial charge in [0.1, 0.15) is 5.69 Å². The predicted molar refractivity (Wildman–Crippen MR) is 147 cm³/mol. The van der Waals surface area contributed by atoms with Crippen molar-refractivity contribution >= 4 is 34.6 Å². The second-order valence-corrected chi connectivity index (χ2v) is 9.06. The first-order valence-corrected chi connectivity index (χ1v) is 12.2. The van der Waals surface area contributed by atoms with Crippen LogP contribution in [0.5, 0.6) is 0 Å². The maximum atomic E-state index is 13.1. The van der Waals surface area contributed by atoms with Crippen molar-refractivity contribution in [3.63, 3.8) is 0 Å². The van der Waals surface area contributed by atoms with Crippen molar-refractivity contribution in [2.24, 2.45) is 0 Å². The maximum Gasteiger partial charge on any atom is 0.230 e. The summed E-state index contributed by atoms with van der Waals surface area (Å²) in [5, 5.41) is 5.34. The van der Waals surface area contributed by atoms with Crippen LogP contribution in [0, 0.1) is 0 Å². The van der Waals surface area contributed by atoms with Gasteiger partial charge in [-0.1, -0.05) is 103 Å². The molecule has 1 aliphatic carbocycles. The summed E-state index contributed by atoms with van der Waals surface area (Å²) < 4.78 is 0. The summed E-state index contributed by atoms with van der Waals surface area (Å²) in [5.41, 5.74) is 6.91. The quantitative estimate of drug-likeness (QED) is 0.311. The lowest BCUT2D eigenvalue weighted by Gasteiger charge is -2.20. The van der Waals surface area contributed by atoms with Crippen LogP contribution in [-0.2, 0) is 24.1 Å². The van der Waals surface area contributed by atoms with E-state index in [0.717, 1.165) is 51.7 Å². The number of nitrogens with one attached hydrogen (secondary N) is 1. The number of fused-ring (bicyclic) bond motifs is 4. The average Bonchev–Trinajstić information content (AvgIpc) is 2.92. The lowest BCUT2D eigenvalue weighted by atomic mass is 9.92. The Labute approximate surface area is 210 Å². The molecular formula is C32H25N3O. The van der Waals surface area contributed by atoms with E-state index in [1.165, 1.54) is 5.56 Å². The largest absolute Gasteiger partial charge is 0.309 e. The van der Waals surface area contributed by atoms with Crippen LogP contribution in [-0.4, -0.2) is 15.9 Å². The number of rotatable bonds is 5. The van der Waals surface area contributed by atoms with Crippen molar-refractivity contribution in [2.75, 3.05) is 5.32 Å². The summed E-state index contributed by atoms with van der Waals surface area (Å²) in [4.78, 5) is 23.0. The number of aromatic nitrogens is 2. The Morgan fingerprint density at radius 2 is 1.56 bits per heavy atom. The van der Waals surface area contributed by atoms with Crippen LogP contribution >= 0.6 is 0 Å². The van der Waals surface area contributed by atoms with E-state index in [-0.39, 0.29) is 12.3 Å². The van der Waals surface area contributed by atoms with E-state index in [1.54, 1.807) is 0 Å². The highest BCUT2D eigenvalue weighted by Gasteiger charge is 2.21. The van der Waals surface area contributed by atoms with Gasteiger partial charge in [0, 0.05) is 5.56 Å². The van der Waals surface area contributed by atoms with Gasteiger partial charge in [0.05, 0.1) is 17.8 Å². The van der Waals surface area contributed by atoms with Gasteiger partial charge in [0.25, 0.3) is 0 Å². The SMILES string of the molecule is O=C(Cc1ccc2ccccc2c1)Nc1nc2c(nc1/C=C/c1ccccc1)-c1ccccc1CC2. The van der Waals surface area contributed by atoms with E-state index in [0.29, 0.717) is 11.5 Å². The number of carbonyl (C=O) groups is 1. The maximum absolute atomic E-state index is 13.1. The van der Waals surface area contributed by atoms with Gasteiger partial charge in [0.2, 0.25) is 5.91 Å². The number of hydrogen-bond donors (Lipinski definition) is 1. The molecule has 0 saturated carbocycles. The van der Waals surface area contributed by atoms with Gasteiger partial charge in [-0.05, 0) is 46.4 Å². The van der Waals surface area contributed by atoms with Crippen LogP contribution in [0.4, 0.5) is 5.82 Å². The van der Waals surface area contributed by atoms with Gasteiger partial charge in [-0.2, -0.15) is 0 Å². The summed E-state index contributed by atoms with van der Waals surface area (Å²) >= 11 is 0. The minimum Gasteiger partial charge on any atom is -0.309 e. The first kappa shape index (κ1) is 21.9. The van der Waals surface area contributed by atoms with Gasteiger partial charge >= 0.3 is 0 Å². The van der Waals surface area contributed by atoms with Gasteiger partial charge in [-0.3, -0.25) is 4.79 Å². The Bertz CT molecular complexity index is 1610. The molecule has 0 spiro atoms. The zero-order valence-electron chi connectivity index (χ0n) is 19.8. The fourth-order valence-electron chi connectivity index (χ4n) is 4.75. The Kier molecular flexibility index (Phi) is 5.84. The molecule has 5 aromatic rings. The van der Waals surface area contributed by atoms with E-state index in [1.807, 2.05) is 66.7 Å². The molecule has 0 unspecified atom stereocenters. The molecule has 0 bridgehead atoms. The molecular weight excluding hydrogens is 442 g/mol. The number of carbonyl (C=O) groups excluding carboxylic acids is 1. The highest BCUT2D eigenvalue weighted by Crippen LogP contribution is 2.33. The zero-order chi connectivity index (χ0) is 24.3. The summed E-state index contributed by atoms with van der Waals surface area (Å²) in [6, 6.07) is 32.7. The molecule has 4 heteroatoms. The fourth-order valence-corrected chi connectivity index (χ4v) is 4.75. The summed E-state index contributed by atoms with van der Waals surface area (Å²) in [7, 11) is 0. The molecule has 174 valence electrons. The van der Waals surface area contributed by atoms with E-state index in [9.17, 15) is 4.79 Å². The molecule has 0 fully saturated rings. The molecule has 0 saturated heterocycles. The molecule has 4 nitrogen and oxygen atoms in total. The second-order valence-electron chi connectivity index (χ2n) is 9.06. The first-order valence-electron chi connectivity index (χ1n) is 12.2. The Balaban J connectivity index is 1.33. The smallest absolute Gasteiger partial charge is 0.230 e. The first-order chi connectivity index (χ1) is 17.7. The minimum atomic E-state index is -0.106. The summed E-state index contributed by atoms with van der Waals surface area (Å²) in [5.74, 6) is 0.399. The van der Waals surface area contributed by atoms with E-state index >= 15 is 0 Å². The second kappa shape index (κ2) is 9.59. The number of aryl methyl sites for hydroxylation is 2. The van der Waals surface area contributed by atoms with Crippen molar-refractivity contribution in [1.82, 2.24) is 9.97 Å².